The molecule has 0 heterocycles. The van der Waals surface area contributed by atoms with Gasteiger partial charge in [-0.25, -0.2) is 4.39 Å². The van der Waals surface area contributed by atoms with Crippen LogP contribution in [0, 0.1) is 9.39 Å². The zero-order chi connectivity index (χ0) is 14.0. The fourth-order valence-electron chi connectivity index (χ4n) is 1.44. The van der Waals surface area contributed by atoms with E-state index in [0.717, 1.165) is 0 Å². The molecule has 2 N–H and O–H groups in total. The third kappa shape index (κ3) is 3.44. The lowest BCUT2D eigenvalue weighted by molar-refractivity contribution is 0.102. The number of rotatable bonds is 2. The highest BCUT2D eigenvalue weighted by atomic mass is 127. The van der Waals surface area contributed by atoms with Crippen LogP contribution in [0.4, 0.5) is 10.1 Å². The van der Waals surface area contributed by atoms with Gasteiger partial charge in [0.2, 0.25) is 0 Å². The van der Waals surface area contributed by atoms with Crippen LogP contribution in [-0.2, 0) is 0 Å². The van der Waals surface area contributed by atoms with Crippen molar-refractivity contribution in [3.05, 3.63) is 55.8 Å². The molecule has 0 radical (unpaired) electrons. The minimum Gasteiger partial charge on any atom is -0.507 e. The highest BCUT2D eigenvalue weighted by Crippen LogP contribution is 2.23. The van der Waals surface area contributed by atoms with Crippen LogP contribution in [-0.4, -0.2) is 11.0 Å². The van der Waals surface area contributed by atoms with Gasteiger partial charge in [0.1, 0.15) is 11.6 Å². The minimum atomic E-state index is -0.522. The number of halogens is 3. The number of carbonyl (C=O) groups is 1. The van der Waals surface area contributed by atoms with Gasteiger partial charge in [-0.05, 0) is 59.0 Å². The summed E-state index contributed by atoms with van der Waals surface area (Å²) >= 11 is 5.15. The Kier molecular flexibility index (Phi) is 4.41. The van der Waals surface area contributed by atoms with Crippen molar-refractivity contribution in [3.8, 4) is 5.75 Å². The number of carbonyl (C=O) groups excluding carboxylic acids is 1. The molecule has 0 saturated carbocycles. The van der Waals surface area contributed by atoms with Crippen LogP contribution in [0.3, 0.4) is 0 Å². The molecule has 0 aromatic heterocycles. The van der Waals surface area contributed by atoms with Crippen LogP contribution in [0.5, 0.6) is 5.75 Å². The number of hydrogen-bond donors (Lipinski definition) is 2. The van der Waals surface area contributed by atoms with E-state index in [1.807, 2.05) is 22.6 Å². The second kappa shape index (κ2) is 5.87. The predicted molar refractivity (Wildman–Crippen MR) is 82.9 cm³/mol. The fraction of sp³-hybridized carbons (Fsp3) is 0. The summed E-state index contributed by atoms with van der Waals surface area (Å²) in [5.74, 6) is -0.988. The van der Waals surface area contributed by atoms with Gasteiger partial charge in [-0.3, -0.25) is 4.79 Å². The van der Waals surface area contributed by atoms with Crippen LogP contribution in [0.15, 0.2) is 40.9 Å². The molecule has 0 saturated heterocycles. The second-order valence-electron chi connectivity index (χ2n) is 3.74. The molecule has 0 spiro atoms. The second-order valence-corrected chi connectivity index (χ2v) is 5.82. The van der Waals surface area contributed by atoms with Crippen molar-refractivity contribution >= 4 is 50.1 Å². The molecule has 0 atom stereocenters. The first-order chi connectivity index (χ1) is 8.97. The fourth-order valence-corrected chi connectivity index (χ4v) is 2.14. The Hall–Kier alpha value is -1.15. The molecule has 2 rings (SSSR count). The Bertz CT molecular complexity index is 649. The van der Waals surface area contributed by atoms with Gasteiger partial charge in [-0.15, -0.1) is 0 Å². The lowest BCUT2D eigenvalue weighted by Crippen LogP contribution is -2.13. The van der Waals surface area contributed by atoms with E-state index in [-0.39, 0.29) is 17.0 Å². The van der Waals surface area contributed by atoms with E-state index >= 15 is 0 Å². The lowest BCUT2D eigenvalue weighted by Gasteiger charge is -2.07. The molecule has 19 heavy (non-hydrogen) atoms. The SMILES string of the molecule is O=C(Nc1cc(Br)ccc1F)c1ccc(I)c(O)c1. The van der Waals surface area contributed by atoms with Crippen molar-refractivity contribution in [3.63, 3.8) is 0 Å². The number of nitrogens with one attached hydrogen (secondary N) is 1. The molecule has 2 aromatic rings. The van der Waals surface area contributed by atoms with E-state index in [9.17, 15) is 14.3 Å². The van der Waals surface area contributed by atoms with Gasteiger partial charge < -0.3 is 10.4 Å². The zero-order valence-corrected chi connectivity index (χ0v) is 13.2. The van der Waals surface area contributed by atoms with Crippen LogP contribution in [0.1, 0.15) is 10.4 Å². The van der Waals surface area contributed by atoms with Crippen molar-refractivity contribution in [2.75, 3.05) is 5.32 Å². The highest BCUT2D eigenvalue weighted by molar-refractivity contribution is 14.1. The van der Waals surface area contributed by atoms with E-state index in [4.69, 9.17) is 0 Å². The molecule has 0 aliphatic heterocycles. The summed E-state index contributed by atoms with van der Waals surface area (Å²) in [5.41, 5.74) is 0.342. The van der Waals surface area contributed by atoms with E-state index < -0.39 is 11.7 Å². The van der Waals surface area contributed by atoms with E-state index in [1.165, 1.54) is 18.2 Å². The average molecular weight is 436 g/mol. The summed E-state index contributed by atoms with van der Waals surface area (Å²) in [7, 11) is 0. The van der Waals surface area contributed by atoms with Gasteiger partial charge in [-0.1, -0.05) is 15.9 Å². The summed E-state index contributed by atoms with van der Waals surface area (Å²) in [5, 5.41) is 12.0. The van der Waals surface area contributed by atoms with Gasteiger partial charge in [0.05, 0.1) is 9.26 Å². The number of anilines is 1. The number of hydrogen-bond acceptors (Lipinski definition) is 2. The highest BCUT2D eigenvalue weighted by Gasteiger charge is 2.11. The third-order valence-corrected chi connectivity index (χ3v) is 3.79. The van der Waals surface area contributed by atoms with Gasteiger partial charge in [0.25, 0.3) is 5.91 Å². The zero-order valence-electron chi connectivity index (χ0n) is 9.45. The first-order valence-corrected chi connectivity index (χ1v) is 7.09. The Morgan fingerprint density at radius 3 is 2.68 bits per heavy atom. The average Bonchev–Trinajstić information content (AvgIpc) is 2.37. The van der Waals surface area contributed by atoms with Crippen molar-refractivity contribution in [1.82, 2.24) is 0 Å². The summed E-state index contributed by atoms with van der Waals surface area (Å²) in [6.45, 7) is 0. The standard InChI is InChI=1S/C13H8BrFINO2/c14-8-2-3-9(15)11(6-8)17-13(19)7-1-4-10(16)12(18)5-7/h1-6,18H,(H,17,19). The van der Waals surface area contributed by atoms with Crippen molar-refractivity contribution in [1.29, 1.82) is 0 Å². The summed E-state index contributed by atoms with van der Waals surface area (Å²) in [4.78, 5) is 11.9. The predicted octanol–water partition coefficient (Wildman–Crippen LogP) is 4.15. The van der Waals surface area contributed by atoms with E-state index in [0.29, 0.717) is 8.04 Å². The monoisotopic (exact) mass is 435 g/mol. The van der Waals surface area contributed by atoms with E-state index in [1.54, 1.807) is 18.2 Å². The van der Waals surface area contributed by atoms with Crippen LogP contribution >= 0.6 is 38.5 Å². The van der Waals surface area contributed by atoms with Crippen LogP contribution in [0.25, 0.3) is 0 Å². The maximum atomic E-state index is 13.5. The maximum absolute atomic E-state index is 13.5. The number of aromatic hydroxyl groups is 1. The van der Waals surface area contributed by atoms with Crippen molar-refractivity contribution in [2.24, 2.45) is 0 Å². The molecule has 1 amide bonds. The normalized spacial score (nSPS) is 10.3. The first kappa shape index (κ1) is 14.3. The molecule has 0 fully saturated rings. The largest absolute Gasteiger partial charge is 0.507 e. The Balaban J connectivity index is 2.25. The molecule has 3 nitrogen and oxygen atoms in total. The Morgan fingerprint density at radius 1 is 1.26 bits per heavy atom. The quantitative estimate of drug-likeness (QED) is 0.696. The molecule has 2 aromatic carbocycles. The van der Waals surface area contributed by atoms with Crippen molar-refractivity contribution < 1.29 is 14.3 Å². The third-order valence-electron chi connectivity index (χ3n) is 2.38. The Morgan fingerprint density at radius 2 is 2.00 bits per heavy atom. The number of phenolic OH excluding ortho intramolecular Hbond substituents is 1. The molecular weight excluding hydrogens is 428 g/mol. The topological polar surface area (TPSA) is 49.3 Å². The van der Waals surface area contributed by atoms with Gasteiger partial charge >= 0.3 is 0 Å². The van der Waals surface area contributed by atoms with Gasteiger partial charge in [0.15, 0.2) is 0 Å². The molecule has 98 valence electrons. The molecule has 6 heteroatoms. The summed E-state index contributed by atoms with van der Waals surface area (Å²) in [6, 6.07) is 8.79. The number of amides is 1. The Labute approximate surface area is 131 Å². The smallest absolute Gasteiger partial charge is 0.255 e. The van der Waals surface area contributed by atoms with Gasteiger partial charge in [0, 0.05) is 10.0 Å². The minimum absolute atomic E-state index is 0.0166. The molecule has 0 aliphatic rings. The maximum Gasteiger partial charge on any atom is 0.255 e. The summed E-state index contributed by atoms with van der Waals surface area (Å²) < 4.78 is 14.8. The van der Waals surface area contributed by atoms with Crippen LogP contribution < -0.4 is 5.32 Å². The lowest BCUT2D eigenvalue weighted by atomic mass is 10.2. The molecule has 0 unspecified atom stereocenters. The van der Waals surface area contributed by atoms with Crippen LogP contribution in [0.2, 0.25) is 0 Å². The molecule has 0 aliphatic carbocycles. The van der Waals surface area contributed by atoms with Crippen molar-refractivity contribution in [2.45, 2.75) is 0 Å². The molecular formula is C13H8BrFINO2. The number of phenols is 1. The van der Waals surface area contributed by atoms with Gasteiger partial charge in [-0.2, -0.15) is 0 Å². The number of benzene rings is 2. The molecule has 0 bridgehead atoms. The summed E-state index contributed by atoms with van der Waals surface area (Å²) in [6.07, 6.45) is 0. The van der Waals surface area contributed by atoms with E-state index in [2.05, 4.69) is 21.2 Å². The first-order valence-electron chi connectivity index (χ1n) is 5.22.